The molecule has 0 aromatic heterocycles. The van der Waals surface area contributed by atoms with Crippen LogP contribution in [-0.2, 0) is 9.47 Å². The first-order valence-electron chi connectivity index (χ1n) is 20.4. The van der Waals surface area contributed by atoms with Gasteiger partial charge in [0.2, 0.25) is 0 Å². The summed E-state index contributed by atoms with van der Waals surface area (Å²) < 4.78 is 11.1. The standard InChI is InChI=1S/C42H76N2O4/c1-5-9-11-13-15-17-19-21-23-25-32-43(7-3)34-28-36-47-41(45)39-30-27-31-40(38-39)42(46)48-37-29-35-44(8-4)33-26-24-22-20-18-16-14-12-10-6-2/h27,30-31,38H,5-26,28-29,32-37H2,1-4H3. The van der Waals surface area contributed by atoms with Gasteiger partial charge < -0.3 is 19.3 Å². The van der Waals surface area contributed by atoms with E-state index in [4.69, 9.17) is 9.47 Å². The fourth-order valence-corrected chi connectivity index (χ4v) is 6.35. The van der Waals surface area contributed by atoms with Crippen LogP contribution in [0.1, 0.15) is 190 Å². The molecule has 0 spiro atoms. The van der Waals surface area contributed by atoms with Gasteiger partial charge in [-0.3, -0.25) is 0 Å². The third-order valence-electron chi connectivity index (χ3n) is 9.59. The highest BCUT2D eigenvalue weighted by atomic mass is 16.5. The van der Waals surface area contributed by atoms with Gasteiger partial charge in [0.05, 0.1) is 24.3 Å². The van der Waals surface area contributed by atoms with E-state index in [2.05, 4.69) is 37.5 Å². The summed E-state index contributed by atoms with van der Waals surface area (Å²) in [4.78, 5) is 30.3. The summed E-state index contributed by atoms with van der Waals surface area (Å²) >= 11 is 0. The van der Waals surface area contributed by atoms with Crippen LogP contribution in [0.25, 0.3) is 0 Å². The number of hydrogen-bond acceptors (Lipinski definition) is 6. The van der Waals surface area contributed by atoms with Gasteiger partial charge in [0.15, 0.2) is 0 Å². The fraction of sp³-hybridized carbons (Fsp3) is 0.810. The molecule has 1 aromatic rings. The van der Waals surface area contributed by atoms with Crippen molar-refractivity contribution in [2.45, 2.75) is 169 Å². The van der Waals surface area contributed by atoms with Gasteiger partial charge in [-0.15, -0.1) is 0 Å². The maximum Gasteiger partial charge on any atom is 0.338 e. The van der Waals surface area contributed by atoms with Gasteiger partial charge >= 0.3 is 11.9 Å². The van der Waals surface area contributed by atoms with Crippen LogP contribution in [0.3, 0.4) is 0 Å². The summed E-state index contributed by atoms with van der Waals surface area (Å²) in [5, 5.41) is 0. The van der Waals surface area contributed by atoms with E-state index in [-0.39, 0.29) is 11.9 Å². The van der Waals surface area contributed by atoms with Crippen LogP contribution in [0.4, 0.5) is 0 Å². The zero-order chi connectivity index (χ0) is 34.9. The molecule has 0 saturated carbocycles. The van der Waals surface area contributed by atoms with Crippen LogP contribution in [0.2, 0.25) is 0 Å². The lowest BCUT2D eigenvalue weighted by molar-refractivity contribution is 0.0487. The zero-order valence-electron chi connectivity index (χ0n) is 32.1. The summed E-state index contributed by atoms with van der Waals surface area (Å²) in [7, 11) is 0. The maximum atomic E-state index is 12.7. The largest absolute Gasteiger partial charge is 0.462 e. The highest BCUT2D eigenvalue weighted by Gasteiger charge is 2.13. The van der Waals surface area contributed by atoms with Gasteiger partial charge in [-0.25, -0.2) is 9.59 Å². The highest BCUT2D eigenvalue weighted by Crippen LogP contribution is 2.13. The summed E-state index contributed by atoms with van der Waals surface area (Å²) in [6, 6.07) is 6.73. The number of benzene rings is 1. The Morgan fingerprint density at radius 1 is 0.458 bits per heavy atom. The number of esters is 2. The first-order valence-corrected chi connectivity index (χ1v) is 20.4. The van der Waals surface area contributed by atoms with Crippen LogP contribution in [-0.4, -0.2) is 74.2 Å². The van der Waals surface area contributed by atoms with Crippen molar-refractivity contribution in [2.75, 3.05) is 52.5 Å². The third-order valence-corrected chi connectivity index (χ3v) is 9.59. The second-order valence-corrected chi connectivity index (χ2v) is 13.8. The average Bonchev–Trinajstić information content (AvgIpc) is 3.11. The van der Waals surface area contributed by atoms with Crippen molar-refractivity contribution in [3.8, 4) is 0 Å². The van der Waals surface area contributed by atoms with Crippen molar-refractivity contribution in [3.63, 3.8) is 0 Å². The number of ether oxygens (including phenoxy) is 2. The van der Waals surface area contributed by atoms with Crippen molar-refractivity contribution >= 4 is 11.9 Å². The molecule has 1 rings (SSSR count). The van der Waals surface area contributed by atoms with Crippen molar-refractivity contribution in [1.82, 2.24) is 9.80 Å². The topological polar surface area (TPSA) is 59.1 Å². The normalized spacial score (nSPS) is 11.5. The molecular weight excluding hydrogens is 596 g/mol. The van der Waals surface area contributed by atoms with Crippen LogP contribution >= 0.6 is 0 Å². The average molecular weight is 673 g/mol. The van der Waals surface area contributed by atoms with E-state index < -0.39 is 0 Å². The van der Waals surface area contributed by atoms with Gasteiger partial charge in [0, 0.05) is 13.1 Å². The summed E-state index contributed by atoms with van der Waals surface area (Å²) in [5.74, 6) is -0.763. The molecule has 0 saturated heterocycles. The fourth-order valence-electron chi connectivity index (χ4n) is 6.35. The van der Waals surface area contributed by atoms with E-state index >= 15 is 0 Å². The van der Waals surface area contributed by atoms with E-state index in [1.165, 1.54) is 128 Å². The summed E-state index contributed by atoms with van der Waals surface area (Å²) in [5.41, 5.74) is 0.798. The lowest BCUT2D eigenvalue weighted by Gasteiger charge is -2.20. The monoisotopic (exact) mass is 673 g/mol. The molecule has 0 N–H and O–H groups in total. The Bertz CT molecular complexity index is 825. The molecule has 0 unspecified atom stereocenters. The summed E-state index contributed by atoms with van der Waals surface area (Å²) in [6.45, 7) is 15.8. The minimum atomic E-state index is -0.382. The quantitative estimate of drug-likeness (QED) is 0.0536. The highest BCUT2D eigenvalue weighted by molar-refractivity contribution is 5.95. The van der Waals surface area contributed by atoms with Gasteiger partial charge in [-0.2, -0.15) is 0 Å². The second kappa shape index (κ2) is 32.3. The van der Waals surface area contributed by atoms with Crippen molar-refractivity contribution < 1.29 is 19.1 Å². The number of rotatable bonds is 34. The van der Waals surface area contributed by atoms with E-state index in [1.54, 1.807) is 24.3 Å². The van der Waals surface area contributed by atoms with Crippen molar-refractivity contribution in [3.05, 3.63) is 35.4 Å². The molecule has 6 heteroatoms. The Morgan fingerprint density at radius 2 is 0.771 bits per heavy atom. The van der Waals surface area contributed by atoms with Crippen LogP contribution in [0.5, 0.6) is 0 Å². The van der Waals surface area contributed by atoms with Crippen molar-refractivity contribution in [2.24, 2.45) is 0 Å². The molecule has 48 heavy (non-hydrogen) atoms. The zero-order valence-corrected chi connectivity index (χ0v) is 32.1. The minimum absolute atomic E-state index is 0.382. The molecule has 1 aromatic carbocycles. The lowest BCUT2D eigenvalue weighted by atomic mass is 10.1. The predicted molar refractivity (Wildman–Crippen MR) is 204 cm³/mol. The summed E-state index contributed by atoms with van der Waals surface area (Å²) in [6.07, 6.45) is 28.7. The number of carbonyl (C=O) groups excluding carboxylic acids is 2. The molecule has 0 aliphatic heterocycles. The molecule has 278 valence electrons. The van der Waals surface area contributed by atoms with Crippen LogP contribution < -0.4 is 0 Å². The number of hydrogen-bond donors (Lipinski definition) is 0. The third kappa shape index (κ3) is 24.3. The molecule has 0 bridgehead atoms. The van der Waals surface area contributed by atoms with Gasteiger partial charge in [0.1, 0.15) is 0 Å². The molecule has 0 heterocycles. The SMILES string of the molecule is CCCCCCCCCCCCN(CC)CCCOC(=O)c1cccc(C(=O)OCCCN(CC)CCCCCCCCCCCC)c1. The Labute approximate surface area is 297 Å². The van der Waals surface area contributed by atoms with Crippen LogP contribution in [0, 0.1) is 0 Å². The van der Waals surface area contributed by atoms with Crippen molar-refractivity contribution in [1.29, 1.82) is 0 Å². The van der Waals surface area contributed by atoms with E-state index in [1.807, 2.05) is 0 Å². The maximum absolute atomic E-state index is 12.7. The minimum Gasteiger partial charge on any atom is -0.462 e. The van der Waals surface area contributed by atoms with E-state index in [0.717, 1.165) is 52.1 Å². The number of nitrogens with zero attached hydrogens (tertiary/aromatic N) is 2. The predicted octanol–water partition coefficient (Wildman–Crippen LogP) is 11.3. The Hall–Kier alpha value is -1.92. The second-order valence-electron chi connectivity index (χ2n) is 13.8. The molecule has 0 radical (unpaired) electrons. The van der Waals surface area contributed by atoms with Gasteiger partial charge in [0.25, 0.3) is 0 Å². The molecule has 0 fully saturated rings. The molecular formula is C42H76N2O4. The van der Waals surface area contributed by atoms with E-state index in [9.17, 15) is 9.59 Å². The Kier molecular flexibility index (Phi) is 29.7. The molecule has 0 atom stereocenters. The number of unbranched alkanes of at least 4 members (excludes halogenated alkanes) is 18. The smallest absolute Gasteiger partial charge is 0.338 e. The number of carbonyl (C=O) groups is 2. The van der Waals surface area contributed by atoms with Gasteiger partial charge in [-0.05, 0) is 70.1 Å². The lowest BCUT2D eigenvalue weighted by Crippen LogP contribution is -2.27. The molecule has 0 amide bonds. The molecule has 0 aliphatic rings. The molecule has 0 aliphatic carbocycles. The Morgan fingerprint density at radius 3 is 1.10 bits per heavy atom. The first-order chi connectivity index (χ1) is 23.5. The first kappa shape index (κ1) is 44.1. The molecule has 6 nitrogen and oxygen atoms in total. The Balaban J connectivity index is 2.18. The van der Waals surface area contributed by atoms with Gasteiger partial charge in [-0.1, -0.05) is 149 Å². The van der Waals surface area contributed by atoms with E-state index in [0.29, 0.717) is 24.3 Å². The van der Waals surface area contributed by atoms with Crippen LogP contribution in [0.15, 0.2) is 24.3 Å².